The van der Waals surface area contributed by atoms with Gasteiger partial charge in [-0.1, -0.05) is 0 Å². The molecule has 27 heavy (non-hydrogen) atoms. The lowest BCUT2D eigenvalue weighted by atomic mass is 10.2. The van der Waals surface area contributed by atoms with Gasteiger partial charge in [0.1, 0.15) is 0 Å². The number of hydrazine groups is 1. The van der Waals surface area contributed by atoms with Gasteiger partial charge in [-0.2, -0.15) is 5.10 Å². The van der Waals surface area contributed by atoms with Gasteiger partial charge >= 0.3 is 23.3 Å². The molecule has 1 aromatic carbocycles. The Labute approximate surface area is 143 Å². The number of rotatable bonds is 7. The van der Waals surface area contributed by atoms with E-state index < -0.39 is 59.4 Å². The summed E-state index contributed by atoms with van der Waals surface area (Å²) < 4.78 is 0. The molecule has 2 rings (SSSR count). The summed E-state index contributed by atoms with van der Waals surface area (Å²) in [5.41, 5.74) is -5.17. The molecule has 0 unspecified atom stereocenters. The van der Waals surface area contributed by atoms with E-state index in [2.05, 4.69) is 10.1 Å². The van der Waals surface area contributed by atoms with Crippen LogP contribution in [-0.4, -0.2) is 39.9 Å². The van der Waals surface area contributed by atoms with Crippen LogP contribution in [0.3, 0.4) is 0 Å². The first-order chi connectivity index (χ1) is 12.5. The number of benzene rings is 1. The van der Waals surface area contributed by atoms with E-state index in [1.807, 2.05) is 0 Å². The largest absolute Gasteiger partial charge is 0.493 e. The lowest BCUT2D eigenvalue weighted by Crippen LogP contribution is -2.27. The highest BCUT2D eigenvalue weighted by Gasteiger charge is 2.44. The van der Waals surface area contributed by atoms with Gasteiger partial charge in [0.05, 0.1) is 26.9 Å². The molecule has 140 valence electrons. The van der Waals surface area contributed by atoms with E-state index in [-0.39, 0.29) is 17.1 Å². The second kappa shape index (κ2) is 6.58. The van der Waals surface area contributed by atoms with Crippen LogP contribution < -0.4 is 5.01 Å². The Morgan fingerprint density at radius 1 is 0.815 bits per heavy atom. The summed E-state index contributed by atoms with van der Waals surface area (Å²) in [7, 11) is 0. The van der Waals surface area contributed by atoms with Crippen molar-refractivity contribution in [1.82, 2.24) is 15.2 Å². The molecule has 0 bridgehead atoms. The molecule has 0 atom stereocenters. The van der Waals surface area contributed by atoms with Gasteiger partial charge in [-0.3, -0.25) is 30.3 Å². The number of hydrogen-bond acceptors (Lipinski definition) is 12. The average molecular weight is 385 g/mol. The normalized spacial score (nSPS) is 10.2. The van der Waals surface area contributed by atoms with Crippen LogP contribution in [0, 0.1) is 50.6 Å². The highest BCUT2D eigenvalue weighted by atomic mass is 16.7. The summed E-state index contributed by atoms with van der Waals surface area (Å²) in [6, 6.07) is 0.507. The van der Waals surface area contributed by atoms with Gasteiger partial charge in [0.2, 0.25) is 0 Å². The second-order valence-corrected chi connectivity index (χ2v) is 4.37. The third-order valence-electron chi connectivity index (χ3n) is 2.86. The lowest BCUT2D eigenvalue weighted by molar-refractivity contribution is -0.487. The number of nitro groups is 5. The van der Waals surface area contributed by atoms with E-state index in [4.69, 9.17) is 0 Å². The molecule has 0 aliphatic rings. The summed E-state index contributed by atoms with van der Waals surface area (Å²) in [6.45, 7) is 0. The van der Waals surface area contributed by atoms with Crippen LogP contribution in [-0.2, 0) is 0 Å². The highest BCUT2D eigenvalue weighted by Crippen LogP contribution is 2.43. The van der Waals surface area contributed by atoms with E-state index in [0.717, 1.165) is 0 Å². The third-order valence-corrected chi connectivity index (χ3v) is 2.86. The van der Waals surface area contributed by atoms with Crippen molar-refractivity contribution in [3.8, 4) is 0 Å². The van der Waals surface area contributed by atoms with Crippen molar-refractivity contribution >= 4 is 34.6 Å². The molecule has 0 saturated carbocycles. The topological polar surface area (TPSA) is 261 Å². The Morgan fingerprint density at radius 2 is 1.33 bits per heavy atom. The van der Waals surface area contributed by atoms with Gasteiger partial charge in [-0.05, 0) is 9.91 Å². The zero-order valence-corrected chi connectivity index (χ0v) is 12.3. The van der Waals surface area contributed by atoms with E-state index in [1.165, 1.54) is 0 Å². The number of nitrogens with one attached hydrogen (secondary N) is 1. The molecule has 0 aliphatic carbocycles. The molecule has 0 radical (unpaired) electrons. The van der Waals surface area contributed by atoms with Gasteiger partial charge in [0.25, 0.3) is 11.4 Å². The highest BCUT2D eigenvalue weighted by molar-refractivity contribution is 5.80. The van der Waals surface area contributed by atoms with Gasteiger partial charge in [0, 0.05) is 10.1 Å². The minimum atomic E-state index is -1.41. The molecule has 0 fully saturated rings. The Balaban J connectivity index is 2.86. The predicted octanol–water partition coefficient (Wildman–Crippen LogP) is 0.767. The SMILES string of the molecule is O=[N+]([O-])c1cc([N+](=O)[O-])c(N(c2nc([N+](=O)[O-])n[nH]2)[N+](=O)[O-])c([N+](=O)[O-])c1. The van der Waals surface area contributed by atoms with Gasteiger partial charge in [0.15, 0.2) is 5.03 Å². The predicted molar refractivity (Wildman–Crippen MR) is 78.6 cm³/mol. The summed E-state index contributed by atoms with van der Waals surface area (Å²) in [5, 5.41) is 58.2. The minimum Gasteiger partial charge on any atom is -0.390 e. The number of non-ortho nitro benzene ring substituents is 1. The molecule has 0 aliphatic heterocycles. The molecular formula is C8H3N9O10. The number of aromatic nitrogens is 3. The van der Waals surface area contributed by atoms with Gasteiger partial charge in [-0.25, -0.2) is 10.1 Å². The lowest BCUT2D eigenvalue weighted by Gasteiger charge is -2.09. The van der Waals surface area contributed by atoms with Crippen LogP contribution in [0.5, 0.6) is 0 Å². The molecule has 0 saturated heterocycles. The van der Waals surface area contributed by atoms with Crippen LogP contribution in [0.1, 0.15) is 0 Å². The summed E-state index contributed by atoms with van der Waals surface area (Å²) in [4.78, 5) is 53.3. The van der Waals surface area contributed by atoms with Crippen molar-refractivity contribution in [2.24, 2.45) is 0 Å². The van der Waals surface area contributed by atoms with Crippen molar-refractivity contribution in [2.45, 2.75) is 0 Å². The van der Waals surface area contributed by atoms with E-state index >= 15 is 0 Å². The molecule has 1 heterocycles. The van der Waals surface area contributed by atoms with Crippen LogP contribution in [0.25, 0.3) is 0 Å². The molecular weight excluding hydrogens is 382 g/mol. The Hall–Kier alpha value is -4.84. The zero-order chi connectivity index (χ0) is 20.5. The number of nitrogens with zero attached hydrogens (tertiary/aromatic N) is 8. The molecule has 1 aromatic heterocycles. The van der Waals surface area contributed by atoms with Crippen LogP contribution in [0.15, 0.2) is 12.1 Å². The minimum absolute atomic E-state index is 0.254. The number of aromatic amines is 1. The van der Waals surface area contributed by atoms with E-state index in [0.29, 0.717) is 0 Å². The van der Waals surface area contributed by atoms with Gasteiger partial charge in [-0.15, -0.1) is 0 Å². The van der Waals surface area contributed by atoms with Crippen LogP contribution in [0.2, 0.25) is 0 Å². The maximum atomic E-state index is 11.3. The number of nitro benzene ring substituents is 3. The van der Waals surface area contributed by atoms with Crippen molar-refractivity contribution in [1.29, 1.82) is 0 Å². The molecule has 1 N–H and O–H groups in total. The first-order valence-corrected chi connectivity index (χ1v) is 6.17. The molecule has 19 heteroatoms. The smallest absolute Gasteiger partial charge is 0.390 e. The molecule has 19 nitrogen and oxygen atoms in total. The monoisotopic (exact) mass is 385 g/mol. The summed E-state index contributed by atoms with van der Waals surface area (Å²) >= 11 is 0. The number of hydrogen-bond donors (Lipinski definition) is 1. The summed E-state index contributed by atoms with van der Waals surface area (Å²) in [6.07, 6.45) is 0. The molecule has 2 aromatic rings. The standard InChI is InChI=1S/C8H3N9O10/c18-13(19)3-1-4(14(20)21)6(5(2-3)15(22)23)12(17(26)27)7-9-8(11-10-7)16(24)25/h1-2H,(H,9,10,11). The van der Waals surface area contributed by atoms with E-state index in [1.54, 1.807) is 5.10 Å². The van der Waals surface area contributed by atoms with E-state index in [9.17, 15) is 50.6 Å². The van der Waals surface area contributed by atoms with Crippen molar-refractivity contribution < 1.29 is 24.7 Å². The quantitative estimate of drug-likeness (QED) is 0.510. The first-order valence-electron chi connectivity index (χ1n) is 6.17. The Bertz CT molecular complexity index is 963. The number of anilines is 2. The average Bonchev–Trinajstić information content (AvgIpc) is 3.03. The van der Waals surface area contributed by atoms with Crippen molar-refractivity contribution in [2.75, 3.05) is 5.01 Å². The van der Waals surface area contributed by atoms with Crippen LogP contribution in [0.4, 0.5) is 34.6 Å². The molecule has 0 spiro atoms. The van der Waals surface area contributed by atoms with Crippen molar-refractivity contribution in [3.05, 3.63) is 62.7 Å². The Morgan fingerprint density at radius 3 is 1.67 bits per heavy atom. The fourth-order valence-corrected chi connectivity index (χ4v) is 1.88. The second-order valence-electron chi connectivity index (χ2n) is 4.37. The van der Waals surface area contributed by atoms with Crippen LogP contribution >= 0.6 is 0 Å². The maximum absolute atomic E-state index is 11.3. The number of H-pyrrole nitrogens is 1. The molecule has 0 amide bonds. The van der Waals surface area contributed by atoms with Crippen molar-refractivity contribution in [3.63, 3.8) is 0 Å². The third kappa shape index (κ3) is 3.35. The fourth-order valence-electron chi connectivity index (χ4n) is 1.88. The van der Waals surface area contributed by atoms with Gasteiger partial charge < -0.3 is 10.1 Å². The fraction of sp³-hybridized carbons (Fsp3) is 0. The Kier molecular flexibility index (Phi) is 4.51. The maximum Gasteiger partial charge on any atom is 0.493 e. The zero-order valence-electron chi connectivity index (χ0n) is 12.3. The summed E-state index contributed by atoms with van der Waals surface area (Å²) in [5.74, 6) is -2.24. The first kappa shape index (κ1) is 18.5.